The predicted molar refractivity (Wildman–Crippen MR) is 65.9 cm³/mol. The molecule has 0 heterocycles. The first-order chi connectivity index (χ1) is 5.65. The van der Waals surface area contributed by atoms with Crippen LogP contribution >= 0.6 is 45.2 Å². The number of hydrogen-bond donors (Lipinski definition) is 2. The van der Waals surface area contributed by atoms with Gasteiger partial charge >= 0.3 is 0 Å². The van der Waals surface area contributed by atoms with Gasteiger partial charge in [0, 0.05) is 7.14 Å². The molecule has 1 rings (SSSR count). The van der Waals surface area contributed by atoms with Gasteiger partial charge in [-0.05, 0) is 68.9 Å². The van der Waals surface area contributed by atoms with Crippen LogP contribution in [0.5, 0.6) is 0 Å². The molecule has 3 N–H and O–H groups in total. The standard InChI is InChI=1S/C8H9I2NO/c9-5-1-2-7(10)6(3-5)8(11)4-12/h1-3,8,12H,4,11H2. The molecular weight excluding hydrogens is 380 g/mol. The van der Waals surface area contributed by atoms with Crippen molar-refractivity contribution in [2.24, 2.45) is 5.73 Å². The minimum absolute atomic E-state index is 0.00387. The second kappa shape index (κ2) is 4.73. The second-order valence-electron chi connectivity index (χ2n) is 2.45. The fraction of sp³-hybridized carbons (Fsp3) is 0.250. The zero-order valence-electron chi connectivity index (χ0n) is 6.30. The van der Waals surface area contributed by atoms with Gasteiger partial charge in [-0.3, -0.25) is 0 Å². The van der Waals surface area contributed by atoms with Crippen LogP contribution in [0, 0.1) is 7.14 Å². The van der Waals surface area contributed by atoms with Gasteiger partial charge in [0.15, 0.2) is 0 Å². The van der Waals surface area contributed by atoms with E-state index in [4.69, 9.17) is 10.8 Å². The molecule has 0 aliphatic rings. The third-order valence-corrected chi connectivity index (χ3v) is 3.21. The molecule has 0 saturated carbocycles. The Labute approximate surface area is 98.8 Å². The Morgan fingerprint density at radius 2 is 2.08 bits per heavy atom. The normalized spacial score (nSPS) is 13.0. The summed E-state index contributed by atoms with van der Waals surface area (Å²) in [6, 6.07) is 5.78. The molecule has 0 aliphatic carbocycles. The van der Waals surface area contributed by atoms with Crippen LogP contribution in [-0.4, -0.2) is 11.7 Å². The summed E-state index contributed by atoms with van der Waals surface area (Å²) in [4.78, 5) is 0. The van der Waals surface area contributed by atoms with Crippen LogP contribution in [0.25, 0.3) is 0 Å². The Morgan fingerprint density at radius 3 is 2.67 bits per heavy atom. The summed E-state index contributed by atoms with van der Waals surface area (Å²) < 4.78 is 2.25. The smallest absolute Gasteiger partial charge is 0.0624 e. The predicted octanol–water partition coefficient (Wildman–Crippen LogP) is 1.89. The highest BCUT2D eigenvalue weighted by Gasteiger charge is 2.08. The monoisotopic (exact) mass is 389 g/mol. The van der Waals surface area contributed by atoms with Crippen molar-refractivity contribution in [1.29, 1.82) is 0 Å². The molecule has 1 atom stereocenters. The Hall–Kier alpha value is 0.600. The molecule has 66 valence electrons. The van der Waals surface area contributed by atoms with E-state index in [2.05, 4.69) is 45.2 Å². The van der Waals surface area contributed by atoms with Gasteiger partial charge in [-0.2, -0.15) is 0 Å². The van der Waals surface area contributed by atoms with Crippen molar-refractivity contribution in [2.75, 3.05) is 6.61 Å². The lowest BCUT2D eigenvalue weighted by molar-refractivity contribution is 0.267. The lowest BCUT2D eigenvalue weighted by atomic mass is 10.1. The van der Waals surface area contributed by atoms with Gasteiger partial charge in [0.2, 0.25) is 0 Å². The minimum atomic E-state index is -0.258. The fourth-order valence-electron chi connectivity index (χ4n) is 0.897. The number of benzene rings is 1. The maximum Gasteiger partial charge on any atom is 0.0624 e. The maximum absolute atomic E-state index is 8.87. The summed E-state index contributed by atoms with van der Waals surface area (Å²) in [7, 11) is 0. The summed E-state index contributed by atoms with van der Waals surface area (Å²) in [5.74, 6) is 0. The van der Waals surface area contributed by atoms with E-state index in [1.807, 2.05) is 18.2 Å². The summed E-state index contributed by atoms with van der Waals surface area (Å²) >= 11 is 4.45. The number of aliphatic hydroxyl groups excluding tert-OH is 1. The number of hydrogen-bond acceptors (Lipinski definition) is 2. The van der Waals surface area contributed by atoms with Gasteiger partial charge in [-0.1, -0.05) is 0 Å². The van der Waals surface area contributed by atoms with Crippen LogP contribution in [0.3, 0.4) is 0 Å². The summed E-state index contributed by atoms with van der Waals surface area (Å²) in [5, 5.41) is 8.87. The highest BCUT2D eigenvalue weighted by molar-refractivity contribution is 14.1. The first kappa shape index (κ1) is 10.7. The van der Waals surface area contributed by atoms with Crippen LogP contribution in [-0.2, 0) is 0 Å². The van der Waals surface area contributed by atoms with Crippen LogP contribution in [0.1, 0.15) is 11.6 Å². The third kappa shape index (κ3) is 2.54. The molecule has 2 nitrogen and oxygen atoms in total. The van der Waals surface area contributed by atoms with Crippen molar-refractivity contribution in [3.05, 3.63) is 30.9 Å². The van der Waals surface area contributed by atoms with Crippen molar-refractivity contribution in [1.82, 2.24) is 0 Å². The summed E-state index contributed by atoms with van der Waals surface area (Å²) in [5.41, 5.74) is 6.72. The SMILES string of the molecule is NC(CO)c1cc(I)ccc1I. The van der Waals surface area contributed by atoms with E-state index in [-0.39, 0.29) is 12.6 Å². The van der Waals surface area contributed by atoms with Crippen molar-refractivity contribution in [3.63, 3.8) is 0 Å². The lowest BCUT2D eigenvalue weighted by Gasteiger charge is -2.10. The molecule has 0 amide bonds. The Morgan fingerprint density at radius 1 is 1.42 bits per heavy atom. The topological polar surface area (TPSA) is 46.2 Å². The molecule has 0 radical (unpaired) electrons. The largest absolute Gasteiger partial charge is 0.394 e. The molecule has 12 heavy (non-hydrogen) atoms. The van der Waals surface area contributed by atoms with Gasteiger partial charge in [-0.15, -0.1) is 0 Å². The van der Waals surface area contributed by atoms with Crippen LogP contribution in [0.2, 0.25) is 0 Å². The molecule has 4 heteroatoms. The molecular formula is C8H9I2NO. The maximum atomic E-state index is 8.87. The van der Waals surface area contributed by atoms with Gasteiger partial charge in [0.05, 0.1) is 12.6 Å². The average Bonchev–Trinajstić information content (AvgIpc) is 2.08. The molecule has 0 aromatic heterocycles. The van der Waals surface area contributed by atoms with E-state index in [9.17, 15) is 0 Å². The average molecular weight is 389 g/mol. The Bertz CT molecular complexity index is 278. The summed E-state index contributed by atoms with van der Waals surface area (Å²) in [6.07, 6.45) is 0. The molecule has 1 aromatic rings. The van der Waals surface area contributed by atoms with E-state index in [1.165, 1.54) is 0 Å². The van der Waals surface area contributed by atoms with Crippen LogP contribution in [0.15, 0.2) is 18.2 Å². The van der Waals surface area contributed by atoms with Gasteiger partial charge < -0.3 is 10.8 Å². The van der Waals surface area contributed by atoms with E-state index >= 15 is 0 Å². The van der Waals surface area contributed by atoms with Crippen LogP contribution in [0.4, 0.5) is 0 Å². The first-order valence-electron chi connectivity index (χ1n) is 3.46. The first-order valence-corrected chi connectivity index (χ1v) is 5.62. The van der Waals surface area contributed by atoms with Crippen molar-refractivity contribution >= 4 is 45.2 Å². The molecule has 0 fully saturated rings. The summed E-state index contributed by atoms with van der Waals surface area (Å²) in [6.45, 7) is -0.00387. The molecule has 1 aromatic carbocycles. The van der Waals surface area contributed by atoms with E-state index in [1.54, 1.807) is 0 Å². The number of halogens is 2. The van der Waals surface area contributed by atoms with Crippen molar-refractivity contribution in [3.8, 4) is 0 Å². The minimum Gasteiger partial charge on any atom is -0.394 e. The molecule has 1 unspecified atom stereocenters. The molecule has 0 aliphatic heterocycles. The van der Waals surface area contributed by atoms with Gasteiger partial charge in [-0.25, -0.2) is 0 Å². The quantitative estimate of drug-likeness (QED) is 0.760. The second-order valence-corrected chi connectivity index (χ2v) is 4.86. The Kier molecular flexibility index (Phi) is 4.21. The third-order valence-electron chi connectivity index (χ3n) is 1.55. The van der Waals surface area contributed by atoms with Crippen molar-refractivity contribution < 1.29 is 5.11 Å². The highest BCUT2D eigenvalue weighted by Crippen LogP contribution is 2.20. The highest BCUT2D eigenvalue weighted by atomic mass is 127. The van der Waals surface area contributed by atoms with E-state index in [0.717, 1.165) is 12.7 Å². The van der Waals surface area contributed by atoms with Crippen molar-refractivity contribution in [2.45, 2.75) is 6.04 Å². The van der Waals surface area contributed by atoms with E-state index in [0.29, 0.717) is 0 Å². The Balaban J connectivity index is 3.04. The lowest BCUT2D eigenvalue weighted by Crippen LogP contribution is -2.15. The molecule has 0 saturated heterocycles. The number of nitrogens with two attached hydrogens (primary N) is 1. The zero-order chi connectivity index (χ0) is 9.14. The van der Waals surface area contributed by atoms with E-state index < -0.39 is 0 Å². The van der Waals surface area contributed by atoms with Gasteiger partial charge in [0.1, 0.15) is 0 Å². The van der Waals surface area contributed by atoms with Gasteiger partial charge in [0.25, 0.3) is 0 Å². The number of aliphatic hydroxyl groups is 1. The van der Waals surface area contributed by atoms with Crippen LogP contribution < -0.4 is 5.73 Å². The molecule has 0 bridgehead atoms. The molecule has 0 spiro atoms. The zero-order valence-corrected chi connectivity index (χ0v) is 10.6. The number of rotatable bonds is 2. The fourth-order valence-corrected chi connectivity index (χ4v) is 2.15.